The van der Waals surface area contributed by atoms with Gasteiger partial charge in [-0.1, -0.05) is 37.8 Å². The van der Waals surface area contributed by atoms with Crippen molar-refractivity contribution in [3.8, 4) is 0 Å². The molecule has 1 radical (unpaired) electrons. The van der Waals surface area contributed by atoms with Gasteiger partial charge in [-0.05, 0) is 54.5 Å². The Hall–Kier alpha value is 0.972. The van der Waals surface area contributed by atoms with E-state index in [-0.39, 0.29) is 44.1 Å². The third-order valence-corrected chi connectivity index (χ3v) is 6.03. The molecule has 1 aromatic carbocycles. The molecule has 0 bridgehead atoms. The average molecular weight is 515 g/mol. The first-order valence-electron chi connectivity index (χ1n) is 8.13. The van der Waals surface area contributed by atoms with Crippen LogP contribution in [-0.2, 0) is 13.0 Å². The molecule has 1 aromatic rings. The van der Waals surface area contributed by atoms with Gasteiger partial charge < -0.3 is 5.32 Å². The van der Waals surface area contributed by atoms with E-state index in [0.29, 0.717) is 5.41 Å². The standard InChI is InChI=1S/C18H26NS.Ac/c1-18(8-3-2-4-9-18)10-12-20-17-6-5-15-7-11-19-14-16(15)13-17;/h5-6,13H,2-4,7-12,14H2,1H3;/q-1;. The van der Waals surface area contributed by atoms with Crippen molar-refractivity contribution in [3.05, 3.63) is 34.6 Å². The molecule has 0 unspecified atom stereocenters. The molecule has 1 fully saturated rings. The van der Waals surface area contributed by atoms with Crippen LogP contribution in [0.1, 0.15) is 56.6 Å². The summed E-state index contributed by atoms with van der Waals surface area (Å²) in [6, 6.07) is 7.03. The van der Waals surface area contributed by atoms with E-state index in [1.165, 1.54) is 60.3 Å². The van der Waals surface area contributed by atoms with Crippen molar-refractivity contribution in [2.24, 2.45) is 5.41 Å². The van der Waals surface area contributed by atoms with Crippen molar-refractivity contribution < 1.29 is 44.1 Å². The zero-order chi connectivity index (χ0) is 13.8. The Morgan fingerprint density at radius 1 is 1.14 bits per heavy atom. The quantitative estimate of drug-likeness (QED) is 0.479. The minimum absolute atomic E-state index is 0. The number of rotatable bonds is 4. The van der Waals surface area contributed by atoms with Crippen LogP contribution in [0.5, 0.6) is 0 Å². The molecule has 0 amide bonds. The van der Waals surface area contributed by atoms with Gasteiger partial charge in [-0.15, -0.1) is 24.9 Å². The fourth-order valence-electron chi connectivity index (χ4n) is 3.55. The Morgan fingerprint density at radius 2 is 1.95 bits per heavy atom. The maximum atomic E-state index is 4.52. The van der Waals surface area contributed by atoms with E-state index >= 15 is 0 Å². The number of fused-ring (bicyclic) bond motifs is 1. The smallest absolute Gasteiger partial charge is 0.00742 e. The molecule has 0 atom stereocenters. The van der Waals surface area contributed by atoms with Crippen LogP contribution in [0.15, 0.2) is 23.1 Å². The van der Waals surface area contributed by atoms with Gasteiger partial charge in [0, 0.05) is 49.0 Å². The molecule has 1 nitrogen and oxygen atoms in total. The summed E-state index contributed by atoms with van der Waals surface area (Å²) in [7, 11) is 0. The maximum absolute atomic E-state index is 4.52. The van der Waals surface area contributed by atoms with Crippen molar-refractivity contribution in [2.75, 3.05) is 12.3 Å². The molecule has 0 saturated heterocycles. The second-order valence-corrected chi connectivity index (χ2v) is 7.92. The second-order valence-electron chi connectivity index (χ2n) is 6.76. The van der Waals surface area contributed by atoms with Crippen molar-refractivity contribution in [1.29, 1.82) is 0 Å². The molecule has 1 aliphatic heterocycles. The van der Waals surface area contributed by atoms with E-state index < -0.39 is 0 Å². The van der Waals surface area contributed by atoms with Crippen molar-refractivity contribution in [3.63, 3.8) is 0 Å². The van der Waals surface area contributed by atoms with Gasteiger partial charge in [-0.2, -0.15) is 0 Å². The first-order chi connectivity index (χ1) is 9.75. The summed E-state index contributed by atoms with van der Waals surface area (Å²) in [5.41, 5.74) is 3.60. The Bertz CT molecular complexity index is 455. The molecule has 2 aliphatic rings. The molecular weight excluding hydrogens is 489 g/mol. The van der Waals surface area contributed by atoms with E-state index in [2.05, 4.69) is 30.4 Å². The molecule has 1 heterocycles. The zero-order valence-corrected chi connectivity index (χ0v) is 18.8. The molecule has 0 N–H and O–H groups in total. The van der Waals surface area contributed by atoms with Gasteiger partial charge in [0.2, 0.25) is 0 Å². The van der Waals surface area contributed by atoms with Crippen LogP contribution in [0.25, 0.3) is 5.32 Å². The number of nitrogens with zero attached hydrogens (tertiary/aromatic N) is 1. The Labute approximate surface area is 170 Å². The molecule has 0 spiro atoms. The first kappa shape index (κ1) is 18.3. The van der Waals surface area contributed by atoms with Crippen molar-refractivity contribution in [2.45, 2.75) is 63.3 Å². The predicted molar refractivity (Wildman–Crippen MR) is 88.6 cm³/mol. The number of benzene rings is 1. The average Bonchev–Trinajstić information content (AvgIpc) is 2.48. The van der Waals surface area contributed by atoms with Gasteiger partial charge in [-0.25, -0.2) is 0 Å². The minimum atomic E-state index is 0. The molecule has 3 heteroatoms. The van der Waals surface area contributed by atoms with E-state index in [0.717, 1.165) is 19.5 Å². The monoisotopic (exact) mass is 515 g/mol. The maximum Gasteiger partial charge on any atom is 0.00742 e. The van der Waals surface area contributed by atoms with Crippen LogP contribution >= 0.6 is 11.8 Å². The van der Waals surface area contributed by atoms with Gasteiger partial charge in [0.25, 0.3) is 0 Å². The van der Waals surface area contributed by atoms with E-state index in [9.17, 15) is 0 Å². The Kier molecular flexibility index (Phi) is 7.60. The summed E-state index contributed by atoms with van der Waals surface area (Å²) in [5, 5.41) is 4.52. The third kappa shape index (κ3) is 5.24. The van der Waals surface area contributed by atoms with Crippen LogP contribution in [0.2, 0.25) is 0 Å². The number of hydrogen-bond donors (Lipinski definition) is 0. The number of thioether (sulfide) groups is 1. The van der Waals surface area contributed by atoms with Crippen molar-refractivity contribution >= 4 is 11.8 Å². The molecule has 1 saturated carbocycles. The first-order valence-corrected chi connectivity index (χ1v) is 9.12. The summed E-state index contributed by atoms with van der Waals surface area (Å²) >= 11 is 2.04. The topological polar surface area (TPSA) is 14.1 Å². The van der Waals surface area contributed by atoms with Crippen LogP contribution in [0.3, 0.4) is 0 Å². The molecule has 113 valence electrons. The van der Waals surface area contributed by atoms with Gasteiger partial charge in [0.05, 0.1) is 0 Å². The summed E-state index contributed by atoms with van der Waals surface area (Å²) in [4.78, 5) is 1.44. The van der Waals surface area contributed by atoms with E-state index in [1.807, 2.05) is 11.8 Å². The van der Waals surface area contributed by atoms with Gasteiger partial charge in [0.1, 0.15) is 0 Å². The summed E-state index contributed by atoms with van der Waals surface area (Å²) in [5.74, 6) is 1.27. The zero-order valence-electron chi connectivity index (χ0n) is 13.2. The fraction of sp³-hybridized carbons (Fsp3) is 0.667. The molecule has 21 heavy (non-hydrogen) atoms. The largest absolute Gasteiger partial charge is 0.658 e. The second kappa shape index (κ2) is 8.72. The van der Waals surface area contributed by atoms with Gasteiger partial charge in [0.15, 0.2) is 0 Å². The number of hydrogen-bond acceptors (Lipinski definition) is 1. The van der Waals surface area contributed by atoms with Crippen LogP contribution in [-0.4, -0.2) is 12.3 Å². The van der Waals surface area contributed by atoms with E-state index in [4.69, 9.17) is 0 Å². The summed E-state index contributed by atoms with van der Waals surface area (Å²) in [6.45, 7) is 4.44. The van der Waals surface area contributed by atoms with Crippen LogP contribution in [0, 0.1) is 49.5 Å². The normalized spacial score (nSPS) is 20.4. The summed E-state index contributed by atoms with van der Waals surface area (Å²) in [6.07, 6.45) is 9.74. The Balaban J connectivity index is 0.00000161. The van der Waals surface area contributed by atoms with Crippen LogP contribution < -0.4 is 0 Å². The van der Waals surface area contributed by atoms with Gasteiger partial charge >= 0.3 is 0 Å². The third-order valence-electron chi connectivity index (χ3n) is 5.03. The minimum Gasteiger partial charge on any atom is -0.658 e. The van der Waals surface area contributed by atoms with Crippen LogP contribution in [0.4, 0.5) is 0 Å². The molecule has 0 aromatic heterocycles. The predicted octanol–water partition coefficient (Wildman–Crippen LogP) is 5.57. The van der Waals surface area contributed by atoms with Crippen molar-refractivity contribution in [1.82, 2.24) is 0 Å². The SMILES string of the molecule is CC1(CCSc2ccc3c(c2)C[N-]CC3)CCCCC1.[Ac]. The molecule has 1 aliphatic carbocycles. The summed E-state index contributed by atoms with van der Waals surface area (Å²) < 4.78 is 0. The fourth-order valence-corrected chi connectivity index (χ4v) is 4.77. The Morgan fingerprint density at radius 3 is 2.76 bits per heavy atom. The molecular formula is C18H26AcNS-. The van der Waals surface area contributed by atoms with Gasteiger partial charge in [-0.3, -0.25) is 0 Å². The molecule has 3 rings (SSSR count). The van der Waals surface area contributed by atoms with E-state index in [1.54, 1.807) is 0 Å².